The Morgan fingerprint density at radius 1 is 0.850 bits per heavy atom. The van der Waals surface area contributed by atoms with Crippen molar-refractivity contribution in [2.45, 2.75) is 32.7 Å². The van der Waals surface area contributed by atoms with Gasteiger partial charge in [0.1, 0.15) is 5.69 Å². The summed E-state index contributed by atoms with van der Waals surface area (Å²) in [6.45, 7) is 5.71. The molecule has 3 heterocycles. The summed E-state index contributed by atoms with van der Waals surface area (Å²) in [7, 11) is 0. The number of carbonyl (C=O) groups is 1. The zero-order valence-electron chi connectivity index (χ0n) is 22.6. The van der Waals surface area contributed by atoms with Crippen molar-refractivity contribution in [1.82, 2.24) is 34.9 Å². The topological polar surface area (TPSA) is 91.0 Å². The lowest BCUT2D eigenvalue weighted by atomic mass is 9.96. The van der Waals surface area contributed by atoms with E-state index in [0.29, 0.717) is 43.9 Å². The molecule has 0 saturated carbocycles. The molecule has 0 bridgehead atoms. The summed E-state index contributed by atoms with van der Waals surface area (Å²) < 4.78 is 5.85. The SMILES string of the molecule is Cc1ccc(Cc2cccc(C(=O)N3CCOC[C@H]3Cc3cccc(-n4nccn4)c3)c2-n2nccn2)cc1C. The average molecular weight is 534 g/mol. The Bertz CT molecular complexity index is 1610. The summed E-state index contributed by atoms with van der Waals surface area (Å²) in [5.41, 5.74) is 7.93. The molecule has 40 heavy (non-hydrogen) atoms. The number of hydrogen-bond acceptors (Lipinski definition) is 6. The van der Waals surface area contributed by atoms with Gasteiger partial charge in [0, 0.05) is 6.54 Å². The molecule has 9 nitrogen and oxygen atoms in total. The van der Waals surface area contributed by atoms with Gasteiger partial charge in [0.05, 0.1) is 55.3 Å². The molecule has 2 aromatic heterocycles. The first-order valence-corrected chi connectivity index (χ1v) is 13.5. The van der Waals surface area contributed by atoms with Gasteiger partial charge in [-0.1, -0.05) is 42.5 Å². The molecule has 0 aliphatic carbocycles. The second-order valence-corrected chi connectivity index (χ2v) is 10.1. The van der Waals surface area contributed by atoms with Crippen LogP contribution in [0, 0.1) is 13.8 Å². The molecule has 1 atom stereocenters. The normalized spacial score (nSPS) is 15.3. The van der Waals surface area contributed by atoms with Crippen LogP contribution in [0.15, 0.2) is 85.5 Å². The first-order valence-electron chi connectivity index (χ1n) is 13.5. The largest absolute Gasteiger partial charge is 0.377 e. The van der Waals surface area contributed by atoms with Crippen LogP contribution in [0.2, 0.25) is 0 Å². The molecule has 0 radical (unpaired) electrons. The predicted octanol–water partition coefficient (Wildman–Crippen LogP) is 4.14. The van der Waals surface area contributed by atoms with E-state index in [1.165, 1.54) is 16.7 Å². The van der Waals surface area contributed by atoms with Crippen LogP contribution in [0.1, 0.15) is 38.2 Å². The van der Waals surface area contributed by atoms with Crippen molar-refractivity contribution in [3.05, 3.63) is 119 Å². The van der Waals surface area contributed by atoms with Crippen LogP contribution in [0.25, 0.3) is 11.4 Å². The average Bonchev–Trinajstić information content (AvgIpc) is 3.70. The molecule has 1 saturated heterocycles. The highest BCUT2D eigenvalue weighted by molar-refractivity contribution is 5.98. The lowest BCUT2D eigenvalue weighted by molar-refractivity contribution is -0.00165. The number of morpholine rings is 1. The van der Waals surface area contributed by atoms with Crippen molar-refractivity contribution >= 4 is 5.91 Å². The summed E-state index contributed by atoms with van der Waals surface area (Å²) in [4.78, 5) is 19.3. The van der Waals surface area contributed by atoms with Crippen LogP contribution in [0.5, 0.6) is 0 Å². The standard InChI is InChI=1S/C31H31N7O2/c1-22-9-10-25(17-23(22)2)18-26-6-4-8-29(30(26)38-34-13-14-35-38)31(39)36-15-16-40-21-28(36)20-24-5-3-7-27(19-24)37-32-11-12-33-37/h3-14,17,19,28H,15-16,18,20-21H2,1-2H3/t28-/m1/s1. The van der Waals surface area contributed by atoms with Crippen LogP contribution in [-0.4, -0.2) is 66.6 Å². The van der Waals surface area contributed by atoms with E-state index in [1.807, 2.05) is 29.2 Å². The van der Waals surface area contributed by atoms with Gasteiger partial charge in [-0.25, -0.2) is 0 Å². The molecule has 3 aromatic carbocycles. The first kappa shape index (κ1) is 25.6. The third-order valence-electron chi connectivity index (χ3n) is 7.45. The fourth-order valence-corrected chi connectivity index (χ4v) is 5.28. The molecular weight excluding hydrogens is 502 g/mol. The van der Waals surface area contributed by atoms with Gasteiger partial charge in [0.15, 0.2) is 0 Å². The van der Waals surface area contributed by atoms with Crippen molar-refractivity contribution in [2.75, 3.05) is 19.8 Å². The number of aryl methyl sites for hydroxylation is 2. The molecule has 0 N–H and O–H groups in total. The Morgan fingerprint density at radius 3 is 2.38 bits per heavy atom. The van der Waals surface area contributed by atoms with Crippen molar-refractivity contribution in [3.63, 3.8) is 0 Å². The monoisotopic (exact) mass is 533 g/mol. The van der Waals surface area contributed by atoms with Gasteiger partial charge < -0.3 is 9.64 Å². The third-order valence-corrected chi connectivity index (χ3v) is 7.45. The van der Waals surface area contributed by atoms with E-state index < -0.39 is 0 Å². The molecule has 9 heteroatoms. The molecule has 6 rings (SSSR count). The Labute approximate surface area is 233 Å². The van der Waals surface area contributed by atoms with Gasteiger partial charge >= 0.3 is 0 Å². The molecule has 0 unspecified atom stereocenters. The Morgan fingerprint density at radius 2 is 1.60 bits per heavy atom. The summed E-state index contributed by atoms with van der Waals surface area (Å²) in [6, 6.07) is 20.3. The second kappa shape index (κ2) is 11.2. The predicted molar refractivity (Wildman–Crippen MR) is 151 cm³/mol. The van der Waals surface area contributed by atoms with Crippen LogP contribution >= 0.6 is 0 Å². The molecule has 202 valence electrons. The van der Waals surface area contributed by atoms with E-state index >= 15 is 0 Å². The molecule has 1 aliphatic rings. The smallest absolute Gasteiger partial charge is 0.256 e. The number of rotatable bonds is 7. The summed E-state index contributed by atoms with van der Waals surface area (Å²) >= 11 is 0. The Balaban J connectivity index is 1.32. The number of nitrogens with zero attached hydrogens (tertiary/aromatic N) is 7. The lowest BCUT2D eigenvalue weighted by Crippen LogP contribution is -2.50. The second-order valence-electron chi connectivity index (χ2n) is 10.1. The van der Waals surface area contributed by atoms with E-state index in [1.54, 1.807) is 34.4 Å². The number of aromatic nitrogens is 6. The Hall–Kier alpha value is -4.63. The maximum atomic E-state index is 14.3. The third kappa shape index (κ3) is 5.28. The molecule has 1 aliphatic heterocycles. The quantitative estimate of drug-likeness (QED) is 0.312. The maximum absolute atomic E-state index is 14.3. The lowest BCUT2D eigenvalue weighted by Gasteiger charge is -2.36. The van der Waals surface area contributed by atoms with E-state index in [9.17, 15) is 4.79 Å². The van der Waals surface area contributed by atoms with Gasteiger partial charge in [0.25, 0.3) is 5.91 Å². The van der Waals surface area contributed by atoms with Gasteiger partial charge in [-0.15, -0.1) is 0 Å². The summed E-state index contributed by atoms with van der Waals surface area (Å²) in [6.07, 6.45) is 7.91. The summed E-state index contributed by atoms with van der Waals surface area (Å²) in [5, 5.41) is 17.3. The number of amides is 1. The number of benzene rings is 3. The van der Waals surface area contributed by atoms with Crippen LogP contribution in [0.4, 0.5) is 0 Å². The van der Waals surface area contributed by atoms with Gasteiger partial charge in [-0.3, -0.25) is 4.79 Å². The van der Waals surface area contributed by atoms with Crippen molar-refractivity contribution < 1.29 is 9.53 Å². The maximum Gasteiger partial charge on any atom is 0.256 e. The van der Waals surface area contributed by atoms with E-state index in [4.69, 9.17) is 4.74 Å². The van der Waals surface area contributed by atoms with Gasteiger partial charge in [0.2, 0.25) is 0 Å². The fourth-order valence-electron chi connectivity index (χ4n) is 5.28. The number of para-hydroxylation sites is 1. The van der Waals surface area contributed by atoms with E-state index in [2.05, 4.69) is 70.6 Å². The van der Waals surface area contributed by atoms with Crippen LogP contribution in [-0.2, 0) is 17.6 Å². The zero-order chi connectivity index (χ0) is 27.5. The van der Waals surface area contributed by atoms with Crippen LogP contribution in [0.3, 0.4) is 0 Å². The molecule has 0 spiro atoms. The highest BCUT2D eigenvalue weighted by Gasteiger charge is 2.31. The van der Waals surface area contributed by atoms with Crippen LogP contribution < -0.4 is 0 Å². The number of ether oxygens (including phenoxy) is 1. The van der Waals surface area contributed by atoms with Crippen molar-refractivity contribution in [1.29, 1.82) is 0 Å². The first-order chi connectivity index (χ1) is 19.6. The highest BCUT2D eigenvalue weighted by atomic mass is 16.5. The van der Waals surface area contributed by atoms with Crippen molar-refractivity contribution in [3.8, 4) is 11.4 Å². The highest BCUT2D eigenvalue weighted by Crippen LogP contribution is 2.26. The van der Waals surface area contributed by atoms with E-state index in [0.717, 1.165) is 16.8 Å². The molecule has 5 aromatic rings. The molecule has 1 amide bonds. The summed E-state index contributed by atoms with van der Waals surface area (Å²) in [5.74, 6) is -0.0487. The fraction of sp³-hybridized carbons (Fsp3) is 0.258. The Kier molecular flexibility index (Phi) is 7.20. The number of hydrogen-bond donors (Lipinski definition) is 0. The minimum Gasteiger partial charge on any atom is -0.377 e. The molecular formula is C31H31N7O2. The zero-order valence-corrected chi connectivity index (χ0v) is 22.6. The van der Waals surface area contributed by atoms with Gasteiger partial charge in [-0.2, -0.15) is 30.0 Å². The van der Waals surface area contributed by atoms with Crippen molar-refractivity contribution in [2.24, 2.45) is 0 Å². The minimum absolute atomic E-state index is 0.0487. The van der Waals surface area contributed by atoms with Gasteiger partial charge in [-0.05, 0) is 72.7 Å². The minimum atomic E-state index is -0.121. The molecule has 1 fully saturated rings. The number of carbonyl (C=O) groups excluding carboxylic acids is 1. The van der Waals surface area contributed by atoms with E-state index in [-0.39, 0.29) is 11.9 Å².